The van der Waals surface area contributed by atoms with Crippen molar-refractivity contribution in [2.24, 2.45) is 5.84 Å². The van der Waals surface area contributed by atoms with Crippen LogP contribution in [-0.2, 0) is 0 Å². The van der Waals surface area contributed by atoms with Crippen LogP contribution >= 0.6 is 0 Å². The van der Waals surface area contributed by atoms with Crippen LogP contribution in [0.2, 0.25) is 0 Å². The van der Waals surface area contributed by atoms with E-state index in [4.69, 9.17) is 15.3 Å². The Morgan fingerprint density at radius 2 is 1.81 bits per heavy atom. The average Bonchev–Trinajstić information content (AvgIpc) is 2.94. The van der Waals surface area contributed by atoms with Gasteiger partial charge in [-0.2, -0.15) is 0 Å². The van der Waals surface area contributed by atoms with Gasteiger partial charge in [0.1, 0.15) is 0 Å². The van der Waals surface area contributed by atoms with Crippen LogP contribution in [0.15, 0.2) is 36.4 Å². The van der Waals surface area contributed by atoms with Crippen molar-refractivity contribution in [2.45, 2.75) is 0 Å². The molecule has 1 aliphatic heterocycles. The van der Waals surface area contributed by atoms with Crippen molar-refractivity contribution in [1.82, 2.24) is 0 Å². The molecule has 108 valence electrons. The van der Waals surface area contributed by atoms with Gasteiger partial charge in [0.15, 0.2) is 11.5 Å². The van der Waals surface area contributed by atoms with Crippen molar-refractivity contribution in [3.63, 3.8) is 0 Å². The van der Waals surface area contributed by atoms with E-state index in [2.05, 4.69) is 10.7 Å². The van der Waals surface area contributed by atoms with E-state index in [9.17, 15) is 10.1 Å². The first kappa shape index (κ1) is 13.0. The van der Waals surface area contributed by atoms with Gasteiger partial charge >= 0.3 is 0 Å². The van der Waals surface area contributed by atoms with E-state index in [0.717, 1.165) is 5.69 Å². The number of anilines is 3. The molecule has 4 N–H and O–H groups in total. The summed E-state index contributed by atoms with van der Waals surface area (Å²) in [5.41, 5.74) is 4.04. The summed E-state index contributed by atoms with van der Waals surface area (Å²) in [7, 11) is 0. The second kappa shape index (κ2) is 5.17. The molecule has 0 saturated heterocycles. The summed E-state index contributed by atoms with van der Waals surface area (Å²) in [5, 5.41) is 14.0. The molecule has 8 heteroatoms. The number of ether oxygens (including phenoxy) is 2. The van der Waals surface area contributed by atoms with Crippen LogP contribution in [0.3, 0.4) is 0 Å². The molecule has 0 spiro atoms. The predicted molar refractivity (Wildman–Crippen MR) is 76.8 cm³/mol. The molecule has 3 rings (SSSR count). The van der Waals surface area contributed by atoms with Crippen molar-refractivity contribution in [3.8, 4) is 11.5 Å². The van der Waals surface area contributed by atoms with Crippen molar-refractivity contribution >= 4 is 22.7 Å². The smallest absolute Gasteiger partial charge is 0.273 e. The first-order valence-corrected chi connectivity index (χ1v) is 6.08. The molecule has 0 radical (unpaired) electrons. The maximum absolute atomic E-state index is 10.9. The normalized spacial score (nSPS) is 12.0. The van der Waals surface area contributed by atoms with Crippen LogP contribution in [0.5, 0.6) is 11.5 Å². The minimum absolute atomic E-state index is 0.0614. The lowest BCUT2D eigenvalue weighted by molar-refractivity contribution is -0.384. The quantitative estimate of drug-likeness (QED) is 0.449. The number of nitrogens with one attached hydrogen (secondary N) is 2. The van der Waals surface area contributed by atoms with Crippen LogP contribution in [0.1, 0.15) is 0 Å². The number of hydrogen-bond acceptors (Lipinski definition) is 7. The molecule has 21 heavy (non-hydrogen) atoms. The van der Waals surface area contributed by atoms with E-state index in [0.29, 0.717) is 22.9 Å². The minimum atomic E-state index is -0.480. The van der Waals surface area contributed by atoms with Gasteiger partial charge in [0, 0.05) is 29.6 Å². The Morgan fingerprint density at radius 3 is 2.57 bits per heavy atom. The van der Waals surface area contributed by atoms with E-state index in [1.165, 1.54) is 12.1 Å². The van der Waals surface area contributed by atoms with Crippen molar-refractivity contribution in [3.05, 3.63) is 46.5 Å². The number of nitro groups is 1. The van der Waals surface area contributed by atoms with Gasteiger partial charge in [0.05, 0.1) is 10.6 Å². The van der Waals surface area contributed by atoms with E-state index in [-0.39, 0.29) is 12.5 Å². The maximum Gasteiger partial charge on any atom is 0.273 e. The monoisotopic (exact) mass is 288 g/mol. The molecular weight excluding hydrogens is 276 g/mol. The van der Waals surface area contributed by atoms with Crippen LogP contribution < -0.4 is 26.1 Å². The van der Waals surface area contributed by atoms with E-state index in [1.54, 1.807) is 24.3 Å². The van der Waals surface area contributed by atoms with Crippen LogP contribution in [0.4, 0.5) is 22.7 Å². The number of nitro benzene ring substituents is 1. The number of rotatable bonds is 4. The fourth-order valence-electron chi connectivity index (χ4n) is 2.01. The van der Waals surface area contributed by atoms with Gasteiger partial charge in [-0.05, 0) is 18.2 Å². The number of hydrazine groups is 1. The molecule has 2 aromatic carbocycles. The Kier molecular flexibility index (Phi) is 3.20. The molecule has 8 nitrogen and oxygen atoms in total. The molecule has 1 heterocycles. The average molecular weight is 288 g/mol. The van der Waals surface area contributed by atoms with Gasteiger partial charge in [-0.25, -0.2) is 0 Å². The molecule has 0 aromatic heterocycles. The van der Waals surface area contributed by atoms with E-state index < -0.39 is 4.92 Å². The number of non-ortho nitro benzene ring substituents is 1. The first-order chi connectivity index (χ1) is 10.2. The van der Waals surface area contributed by atoms with Gasteiger partial charge in [-0.1, -0.05) is 0 Å². The SMILES string of the molecule is NNc1cc(Nc2ccc3c(c2)OCO3)cc([N+](=O)[O-])c1. The minimum Gasteiger partial charge on any atom is -0.454 e. The Morgan fingerprint density at radius 1 is 1.05 bits per heavy atom. The predicted octanol–water partition coefficient (Wildman–Crippen LogP) is 2.35. The number of nitrogen functional groups attached to an aromatic ring is 1. The van der Waals surface area contributed by atoms with Crippen LogP contribution in [0.25, 0.3) is 0 Å². The highest BCUT2D eigenvalue weighted by Crippen LogP contribution is 2.35. The highest BCUT2D eigenvalue weighted by atomic mass is 16.7. The third kappa shape index (κ3) is 2.65. The lowest BCUT2D eigenvalue weighted by Crippen LogP contribution is -2.07. The van der Waals surface area contributed by atoms with Crippen molar-refractivity contribution in [2.75, 3.05) is 17.5 Å². The maximum atomic E-state index is 10.9. The van der Waals surface area contributed by atoms with E-state index in [1.807, 2.05) is 0 Å². The lowest BCUT2D eigenvalue weighted by Gasteiger charge is -2.09. The zero-order valence-corrected chi connectivity index (χ0v) is 10.8. The Balaban J connectivity index is 1.90. The molecular formula is C13H12N4O4. The molecule has 0 saturated carbocycles. The van der Waals surface area contributed by atoms with Crippen LogP contribution in [0, 0.1) is 10.1 Å². The first-order valence-electron chi connectivity index (χ1n) is 6.08. The molecule has 0 bridgehead atoms. The molecule has 0 atom stereocenters. The number of nitrogens with two attached hydrogens (primary N) is 1. The zero-order valence-electron chi connectivity index (χ0n) is 10.8. The van der Waals surface area contributed by atoms with Gasteiger partial charge in [-0.15, -0.1) is 0 Å². The highest BCUT2D eigenvalue weighted by Gasteiger charge is 2.14. The van der Waals surface area contributed by atoms with Crippen molar-refractivity contribution < 1.29 is 14.4 Å². The van der Waals surface area contributed by atoms with Crippen molar-refractivity contribution in [1.29, 1.82) is 0 Å². The number of benzene rings is 2. The van der Waals surface area contributed by atoms with E-state index >= 15 is 0 Å². The summed E-state index contributed by atoms with van der Waals surface area (Å²) < 4.78 is 10.5. The third-order valence-electron chi connectivity index (χ3n) is 2.96. The Bertz CT molecular complexity index is 705. The number of nitrogens with zero attached hydrogens (tertiary/aromatic N) is 1. The Hall–Kier alpha value is -3.00. The fourth-order valence-corrected chi connectivity index (χ4v) is 2.01. The molecule has 0 aliphatic carbocycles. The fraction of sp³-hybridized carbons (Fsp3) is 0.0769. The highest BCUT2D eigenvalue weighted by molar-refractivity contribution is 5.70. The van der Waals surface area contributed by atoms with Gasteiger partial charge < -0.3 is 20.2 Å². The number of fused-ring (bicyclic) bond motifs is 1. The second-order valence-electron chi connectivity index (χ2n) is 4.36. The topological polar surface area (TPSA) is 112 Å². The Labute approximate surface area is 119 Å². The summed E-state index contributed by atoms with van der Waals surface area (Å²) in [6, 6.07) is 9.76. The number of hydrogen-bond donors (Lipinski definition) is 3. The molecule has 0 amide bonds. The summed E-state index contributed by atoms with van der Waals surface area (Å²) >= 11 is 0. The third-order valence-corrected chi connectivity index (χ3v) is 2.96. The zero-order chi connectivity index (χ0) is 14.8. The van der Waals surface area contributed by atoms with Gasteiger partial charge in [0.2, 0.25) is 6.79 Å². The lowest BCUT2D eigenvalue weighted by atomic mass is 10.2. The van der Waals surface area contributed by atoms with Gasteiger partial charge in [0.25, 0.3) is 5.69 Å². The molecule has 2 aromatic rings. The standard InChI is InChI=1S/C13H12N4O4/c14-16-10-3-9(4-11(5-10)17(18)19)15-8-1-2-12-13(6-8)21-7-20-12/h1-6,15-16H,7,14H2. The summed E-state index contributed by atoms with van der Waals surface area (Å²) in [6.45, 7) is 0.191. The van der Waals surface area contributed by atoms with Crippen LogP contribution in [-0.4, -0.2) is 11.7 Å². The molecule has 1 aliphatic rings. The molecule has 0 fully saturated rings. The summed E-state index contributed by atoms with van der Waals surface area (Å²) in [4.78, 5) is 10.4. The largest absolute Gasteiger partial charge is 0.454 e. The van der Waals surface area contributed by atoms with Gasteiger partial charge in [-0.3, -0.25) is 16.0 Å². The summed E-state index contributed by atoms with van der Waals surface area (Å²) in [6.07, 6.45) is 0. The second-order valence-corrected chi connectivity index (χ2v) is 4.36. The molecule has 0 unspecified atom stereocenters. The summed E-state index contributed by atoms with van der Waals surface area (Å²) in [5.74, 6) is 6.62.